The van der Waals surface area contributed by atoms with E-state index < -0.39 is 0 Å². The van der Waals surface area contributed by atoms with Gasteiger partial charge in [0.05, 0.1) is 0 Å². The van der Waals surface area contributed by atoms with Crippen LogP contribution in [0.4, 0.5) is 34.1 Å². The molecule has 0 bridgehead atoms. The first kappa shape index (κ1) is 36.4. The van der Waals surface area contributed by atoms with Gasteiger partial charge in [-0.1, -0.05) is 85.6 Å². The molecule has 1 aliphatic rings. The summed E-state index contributed by atoms with van der Waals surface area (Å²) in [5, 5.41) is 0. The standard InChI is InChI=1S/C55H42N4O2/c1-35-13-21-39(22-14-35)58(41-25-17-37(18-26-41)53-56-49-9-5-7-11-51(49)60-53)43-29-31-45-46-32-30-44(34-48(46)55(3,4)47(45)33-43)59(40-23-15-36(2)16-24-40)42-27-19-38(20-28-42)54-57-50-10-6-8-12-52(50)61-54/h5-34H,1-4H3. The highest BCUT2D eigenvalue weighted by Gasteiger charge is 2.37. The van der Waals surface area contributed by atoms with Crippen LogP contribution in [0.3, 0.4) is 0 Å². The van der Waals surface area contributed by atoms with Crippen molar-refractivity contribution in [3.8, 4) is 34.0 Å². The van der Waals surface area contributed by atoms with Gasteiger partial charge in [-0.05, 0) is 157 Å². The van der Waals surface area contributed by atoms with Crippen LogP contribution in [0.2, 0.25) is 0 Å². The number of hydrogen-bond acceptors (Lipinski definition) is 6. The fourth-order valence-corrected chi connectivity index (χ4v) is 8.77. The van der Waals surface area contributed by atoms with Crippen LogP contribution < -0.4 is 9.80 Å². The summed E-state index contributed by atoms with van der Waals surface area (Å²) in [4.78, 5) is 14.2. The Morgan fingerprint density at radius 2 is 0.738 bits per heavy atom. The lowest BCUT2D eigenvalue weighted by atomic mass is 9.82. The van der Waals surface area contributed by atoms with Gasteiger partial charge in [0.25, 0.3) is 0 Å². The highest BCUT2D eigenvalue weighted by atomic mass is 16.4. The van der Waals surface area contributed by atoms with E-state index in [1.807, 2.05) is 48.5 Å². The van der Waals surface area contributed by atoms with Gasteiger partial charge in [0, 0.05) is 50.7 Å². The molecule has 0 saturated carbocycles. The number of fused-ring (bicyclic) bond motifs is 5. The van der Waals surface area contributed by atoms with Gasteiger partial charge < -0.3 is 18.6 Å². The fraction of sp³-hybridized carbons (Fsp3) is 0.0909. The lowest BCUT2D eigenvalue weighted by molar-refractivity contribution is 0.619. The van der Waals surface area contributed by atoms with E-state index >= 15 is 0 Å². The van der Waals surface area contributed by atoms with Crippen molar-refractivity contribution in [2.24, 2.45) is 0 Å². The molecule has 1 aliphatic carbocycles. The molecule has 0 N–H and O–H groups in total. The molecule has 0 amide bonds. The Labute approximate surface area is 355 Å². The van der Waals surface area contributed by atoms with Crippen LogP contribution in [0.5, 0.6) is 0 Å². The number of benzene rings is 8. The van der Waals surface area contributed by atoms with Crippen molar-refractivity contribution in [1.29, 1.82) is 0 Å². The molecule has 294 valence electrons. The third kappa shape index (κ3) is 6.35. The van der Waals surface area contributed by atoms with Crippen LogP contribution >= 0.6 is 0 Å². The van der Waals surface area contributed by atoms with Gasteiger partial charge in [-0.15, -0.1) is 0 Å². The molecule has 8 aromatic carbocycles. The van der Waals surface area contributed by atoms with Crippen LogP contribution in [-0.2, 0) is 5.41 Å². The van der Waals surface area contributed by atoms with Crippen molar-refractivity contribution in [3.63, 3.8) is 0 Å². The minimum Gasteiger partial charge on any atom is -0.436 e. The van der Waals surface area contributed by atoms with E-state index in [-0.39, 0.29) is 5.41 Å². The van der Waals surface area contributed by atoms with Gasteiger partial charge in [0.2, 0.25) is 11.8 Å². The number of aryl methyl sites for hydroxylation is 2. The van der Waals surface area contributed by atoms with Crippen molar-refractivity contribution in [2.75, 3.05) is 9.80 Å². The molecule has 2 aromatic heterocycles. The zero-order chi connectivity index (χ0) is 41.2. The Kier molecular flexibility index (Phi) is 8.50. The van der Waals surface area contributed by atoms with Crippen LogP contribution in [0.15, 0.2) is 191 Å². The van der Waals surface area contributed by atoms with Crippen molar-refractivity contribution < 1.29 is 8.83 Å². The molecule has 2 heterocycles. The fourth-order valence-electron chi connectivity index (χ4n) is 8.77. The topological polar surface area (TPSA) is 58.5 Å². The maximum absolute atomic E-state index is 6.12. The maximum Gasteiger partial charge on any atom is 0.227 e. The van der Waals surface area contributed by atoms with E-state index in [2.05, 4.69) is 171 Å². The van der Waals surface area contributed by atoms with E-state index in [1.165, 1.54) is 33.4 Å². The predicted molar refractivity (Wildman–Crippen MR) is 249 cm³/mol. The highest BCUT2D eigenvalue weighted by molar-refractivity contribution is 5.89. The van der Waals surface area contributed by atoms with Crippen molar-refractivity contribution in [1.82, 2.24) is 9.97 Å². The molecule has 0 unspecified atom stereocenters. The smallest absolute Gasteiger partial charge is 0.227 e. The van der Waals surface area contributed by atoms with Gasteiger partial charge in [-0.25, -0.2) is 9.97 Å². The van der Waals surface area contributed by atoms with E-state index in [9.17, 15) is 0 Å². The van der Waals surface area contributed by atoms with E-state index in [4.69, 9.17) is 18.8 Å². The second-order valence-electron chi connectivity index (χ2n) is 16.5. The average Bonchev–Trinajstić information content (AvgIpc) is 3.99. The van der Waals surface area contributed by atoms with Crippen LogP contribution in [-0.4, -0.2) is 9.97 Å². The van der Waals surface area contributed by atoms with E-state index in [0.29, 0.717) is 11.8 Å². The number of aromatic nitrogens is 2. The molecule has 10 aromatic rings. The largest absolute Gasteiger partial charge is 0.436 e. The summed E-state index contributed by atoms with van der Waals surface area (Å²) in [6.07, 6.45) is 0. The molecule has 0 atom stereocenters. The molecular formula is C55H42N4O2. The van der Waals surface area contributed by atoms with Crippen LogP contribution in [0.1, 0.15) is 36.1 Å². The van der Waals surface area contributed by atoms with Gasteiger partial charge in [-0.3, -0.25) is 0 Å². The Hall–Kier alpha value is -7.70. The monoisotopic (exact) mass is 790 g/mol. The molecule has 0 radical (unpaired) electrons. The summed E-state index contributed by atoms with van der Waals surface area (Å²) in [5.41, 5.74) is 18.9. The molecule has 0 spiro atoms. The van der Waals surface area contributed by atoms with Crippen LogP contribution in [0, 0.1) is 13.8 Å². The lowest BCUT2D eigenvalue weighted by Crippen LogP contribution is -2.17. The number of hydrogen-bond donors (Lipinski definition) is 0. The highest BCUT2D eigenvalue weighted by Crippen LogP contribution is 2.52. The Balaban J connectivity index is 0.959. The number of oxazole rings is 2. The first-order valence-electron chi connectivity index (χ1n) is 20.7. The van der Waals surface area contributed by atoms with Crippen LogP contribution in [0.25, 0.3) is 56.2 Å². The second-order valence-corrected chi connectivity index (χ2v) is 16.5. The van der Waals surface area contributed by atoms with Crippen molar-refractivity contribution in [2.45, 2.75) is 33.1 Å². The zero-order valence-corrected chi connectivity index (χ0v) is 34.4. The first-order chi connectivity index (χ1) is 29.8. The summed E-state index contributed by atoms with van der Waals surface area (Å²) >= 11 is 0. The zero-order valence-electron chi connectivity index (χ0n) is 34.4. The molecule has 0 saturated heterocycles. The average molecular weight is 791 g/mol. The molecule has 11 rings (SSSR count). The summed E-state index contributed by atoms with van der Waals surface area (Å²) in [5.74, 6) is 1.23. The molecule has 0 fully saturated rings. The van der Waals surface area contributed by atoms with E-state index in [1.54, 1.807) is 0 Å². The normalized spacial score (nSPS) is 12.7. The summed E-state index contributed by atoms with van der Waals surface area (Å²) in [6.45, 7) is 8.95. The summed E-state index contributed by atoms with van der Waals surface area (Å²) in [7, 11) is 0. The lowest BCUT2D eigenvalue weighted by Gasteiger charge is -2.29. The predicted octanol–water partition coefficient (Wildman–Crippen LogP) is 15.2. The molecule has 0 aliphatic heterocycles. The number of para-hydroxylation sites is 4. The molecule has 6 heteroatoms. The minimum atomic E-state index is -0.276. The minimum absolute atomic E-state index is 0.276. The van der Waals surface area contributed by atoms with Gasteiger partial charge >= 0.3 is 0 Å². The Morgan fingerprint density at radius 3 is 1.11 bits per heavy atom. The number of anilines is 6. The quantitative estimate of drug-likeness (QED) is 0.153. The van der Waals surface area contributed by atoms with Gasteiger partial charge in [-0.2, -0.15) is 0 Å². The Morgan fingerprint density at radius 1 is 0.393 bits per heavy atom. The number of rotatable bonds is 8. The maximum atomic E-state index is 6.12. The second kappa shape index (κ2) is 14.2. The van der Waals surface area contributed by atoms with Crippen molar-refractivity contribution in [3.05, 3.63) is 204 Å². The number of nitrogens with zero attached hydrogens (tertiary/aromatic N) is 4. The van der Waals surface area contributed by atoms with E-state index in [0.717, 1.165) is 67.5 Å². The van der Waals surface area contributed by atoms with Crippen molar-refractivity contribution >= 4 is 56.3 Å². The van der Waals surface area contributed by atoms with Gasteiger partial charge in [0.15, 0.2) is 11.2 Å². The molecule has 6 nitrogen and oxygen atoms in total. The third-order valence-electron chi connectivity index (χ3n) is 12.1. The summed E-state index contributed by atoms with van der Waals surface area (Å²) in [6, 6.07) is 64.1. The third-order valence-corrected chi connectivity index (χ3v) is 12.1. The molecular weight excluding hydrogens is 749 g/mol. The molecule has 61 heavy (non-hydrogen) atoms. The van der Waals surface area contributed by atoms with Gasteiger partial charge in [0.1, 0.15) is 11.0 Å². The Bertz CT molecular complexity index is 2950. The first-order valence-corrected chi connectivity index (χ1v) is 20.7. The summed E-state index contributed by atoms with van der Waals surface area (Å²) < 4.78 is 12.2. The SMILES string of the molecule is Cc1ccc(N(c2ccc(-c3nc4ccccc4o3)cc2)c2ccc3c(c2)C(C)(C)c2cc(N(c4ccc(C)cc4)c4ccc(-c5nc6ccccc6o5)cc4)ccc2-3)cc1.